The average molecular weight is 483 g/mol. The first-order valence-corrected chi connectivity index (χ1v) is 12.5. The number of likely N-dealkylation sites (tertiary alicyclic amines) is 1. The maximum absolute atomic E-state index is 12.9. The van der Waals surface area contributed by atoms with Crippen LogP contribution in [0.15, 0.2) is 89.8 Å². The van der Waals surface area contributed by atoms with E-state index in [-0.39, 0.29) is 23.5 Å². The molecule has 184 valence electrons. The van der Waals surface area contributed by atoms with Crippen LogP contribution in [0, 0.1) is 0 Å². The molecule has 36 heavy (non-hydrogen) atoms. The quantitative estimate of drug-likeness (QED) is 0.438. The third-order valence-electron chi connectivity index (χ3n) is 7.83. The highest BCUT2D eigenvalue weighted by molar-refractivity contribution is 5.91. The summed E-state index contributed by atoms with van der Waals surface area (Å²) < 4.78 is 13.7. The predicted octanol–water partition coefficient (Wildman–Crippen LogP) is 4.50. The average Bonchev–Trinajstić information content (AvgIpc) is 3.67. The van der Waals surface area contributed by atoms with Crippen LogP contribution in [0.1, 0.15) is 46.3 Å². The molecule has 6 rings (SSSR count). The number of pyridine rings is 1. The summed E-state index contributed by atoms with van der Waals surface area (Å²) in [6.07, 6.45) is 7.19. The minimum absolute atomic E-state index is 0.145. The Kier molecular flexibility index (Phi) is 5.95. The Labute approximate surface area is 210 Å². The predicted molar refractivity (Wildman–Crippen MR) is 136 cm³/mol. The first-order valence-electron chi connectivity index (χ1n) is 12.5. The Morgan fingerprint density at radius 1 is 1.08 bits per heavy atom. The number of nitrogens with one attached hydrogen (secondary N) is 1. The molecular weight excluding hydrogens is 452 g/mol. The standard InChI is InChI=1S/C29H30N4O3/c1-35-27-26(31-28(34)24-11-7-19-36-24)22-9-2-3-10-23(22)29(27)13-17-32(18-14-29)20-21-8-6-16-33(21)25-12-4-5-15-30-25/h2-12,15-16,19,26-27H,13-14,17-18,20H2,1H3,(H,31,34)/t26-,27+/m1/s1. The van der Waals surface area contributed by atoms with E-state index in [1.807, 2.05) is 30.5 Å². The Hall–Kier alpha value is -3.68. The maximum Gasteiger partial charge on any atom is 0.287 e. The van der Waals surface area contributed by atoms with Crippen LogP contribution in [0.2, 0.25) is 0 Å². The number of amides is 1. The molecule has 0 saturated carbocycles. The van der Waals surface area contributed by atoms with Crippen LogP contribution < -0.4 is 5.32 Å². The van der Waals surface area contributed by atoms with Crippen LogP contribution in [0.5, 0.6) is 0 Å². The Morgan fingerprint density at radius 3 is 2.67 bits per heavy atom. The fraction of sp³-hybridized carbons (Fsp3) is 0.310. The third-order valence-corrected chi connectivity index (χ3v) is 7.83. The Balaban J connectivity index is 1.22. The molecular formula is C29H30N4O3. The zero-order valence-corrected chi connectivity index (χ0v) is 20.3. The molecule has 7 nitrogen and oxygen atoms in total. The second-order valence-electron chi connectivity index (χ2n) is 9.66. The molecule has 3 aromatic heterocycles. The van der Waals surface area contributed by atoms with E-state index in [0.29, 0.717) is 5.76 Å². The molecule has 1 aliphatic heterocycles. The zero-order chi connectivity index (χ0) is 24.5. The van der Waals surface area contributed by atoms with Gasteiger partial charge in [0.1, 0.15) is 5.82 Å². The number of benzene rings is 1. The monoisotopic (exact) mass is 482 g/mol. The molecule has 4 aromatic rings. The van der Waals surface area contributed by atoms with Crippen LogP contribution in [-0.2, 0) is 16.7 Å². The third kappa shape index (κ3) is 3.85. The highest BCUT2D eigenvalue weighted by atomic mass is 16.5. The van der Waals surface area contributed by atoms with E-state index in [2.05, 4.69) is 56.3 Å². The lowest BCUT2D eigenvalue weighted by Crippen LogP contribution is -2.50. The number of carbonyl (C=O) groups excluding carboxylic acids is 1. The van der Waals surface area contributed by atoms with Crippen molar-refractivity contribution in [1.29, 1.82) is 0 Å². The Morgan fingerprint density at radius 2 is 1.92 bits per heavy atom. The summed E-state index contributed by atoms with van der Waals surface area (Å²) in [5.41, 5.74) is 3.51. The summed E-state index contributed by atoms with van der Waals surface area (Å²) in [4.78, 5) is 19.9. The summed E-state index contributed by atoms with van der Waals surface area (Å²) in [5, 5.41) is 3.20. The van der Waals surface area contributed by atoms with E-state index in [9.17, 15) is 4.79 Å². The van der Waals surface area contributed by atoms with Gasteiger partial charge in [0.25, 0.3) is 5.91 Å². The number of rotatable bonds is 6. The van der Waals surface area contributed by atoms with Crippen LogP contribution in [0.25, 0.3) is 5.82 Å². The molecule has 0 bridgehead atoms. The number of carbonyl (C=O) groups is 1. The van der Waals surface area contributed by atoms with Gasteiger partial charge in [-0.1, -0.05) is 30.3 Å². The number of ether oxygens (including phenoxy) is 1. The molecule has 4 heterocycles. The summed E-state index contributed by atoms with van der Waals surface area (Å²) >= 11 is 0. The number of hydrogen-bond donors (Lipinski definition) is 1. The maximum atomic E-state index is 12.9. The number of hydrogen-bond acceptors (Lipinski definition) is 5. The van der Waals surface area contributed by atoms with Crippen molar-refractivity contribution in [2.45, 2.75) is 36.9 Å². The van der Waals surface area contributed by atoms with E-state index in [0.717, 1.165) is 43.9 Å². The smallest absolute Gasteiger partial charge is 0.287 e. The summed E-state index contributed by atoms with van der Waals surface area (Å²) in [6, 6.07) is 21.9. The van der Waals surface area contributed by atoms with Crippen LogP contribution in [-0.4, -0.2) is 46.7 Å². The van der Waals surface area contributed by atoms with Gasteiger partial charge in [0, 0.05) is 37.2 Å². The van der Waals surface area contributed by atoms with Gasteiger partial charge in [-0.25, -0.2) is 4.98 Å². The van der Waals surface area contributed by atoms with Crippen molar-refractivity contribution in [2.75, 3.05) is 20.2 Å². The number of nitrogens with zero attached hydrogens (tertiary/aromatic N) is 3. The van der Waals surface area contributed by atoms with Gasteiger partial charge in [0.2, 0.25) is 0 Å². The highest BCUT2D eigenvalue weighted by Gasteiger charge is 2.54. The number of piperidine rings is 1. The van der Waals surface area contributed by atoms with Crippen molar-refractivity contribution in [3.63, 3.8) is 0 Å². The molecule has 2 aliphatic rings. The Bertz CT molecular complexity index is 1320. The highest BCUT2D eigenvalue weighted by Crippen LogP contribution is 2.52. The van der Waals surface area contributed by atoms with E-state index in [4.69, 9.17) is 9.15 Å². The zero-order valence-electron chi connectivity index (χ0n) is 20.3. The van der Waals surface area contributed by atoms with E-state index in [1.165, 1.54) is 17.5 Å². The molecule has 1 spiro atoms. The lowest BCUT2D eigenvalue weighted by atomic mass is 9.72. The molecule has 0 unspecified atom stereocenters. The fourth-order valence-corrected chi connectivity index (χ4v) is 6.15. The van der Waals surface area contributed by atoms with Crippen molar-refractivity contribution in [3.05, 3.63) is 108 Å². The van der Waals surface area contributed by atoms with Gasteiger partial charge in [-0.05, 0) is 73.5 Å². The van der Waals surface area contributed by atoms with Gasteiger partial charge in [0.05, 0.1) is 18.4 Å². The van der Waals surface area contributed by atoms with Crippen molar-refractivity contribution in [2.24, 2.45) is 0 Å². The molecule has 1 amide bonds. The van der Waals surface area contributed by atoms with E-state index < -0.39 is 0 Å². The second-order valence-corrected chi connectivity index (χ2v) is 9.66. The van der Waals surface area contributed by atoms with Gasteiger partial charge in [-0.3, -0.25) is 9.69 Å². The van der Waals surface area contributed by atoms with Crippen molar-refractivity contribution in [1.82, 2.24) is 19.8 Å². The lowest BCUT2D eigenvalue weighted by Gasteiger charge is -2.44. The number of methoxy groups -OCH3 is 1. The topological polar surface area (TPSA) is 72.5 Å². The summed E-state index contributed by atoms with van der Waals surface area (Å²) in [6.45, 7) is 2.75. The van der Waals surface area contributed by atoms with Crippen molar-refractivity contribution >= 4 is 5.91 Å². The molecule has 1 fully saturated rings. The first-order chi connectivity index (χ1) is 17.7. The van der Waals surface area contributed by atoms with E-state index >= 15 is 0 Å². The number of aromatic nitrogens is 2. The lowest BCUT2D eigenvalue weighted by molar-refractivity contribution is -0.0125. The molecule has 1 N–H and O–H groups in total. The molecule has 1 aromatic carbocycles. The second kappa shape index (κ2) is 9.41. The molecule has 1 aliphatic carbocycles. The fourth-order valence-electron chi connectivity index (χ4n) is 6.15. The minimum Gasteiger partial charge on any atom is -0.459 e. The van der Waals surface area contributed by atoms with Crippen molar-refractivity contribution < 1.29 is 13.9 Å². The number of furan rings is 1. The molecule has 0 radical (unpaired) electrons. The molecule has 2 atom stereocenters. The van der Waals surface area contributed by atoms with Crippen molar-refractivity contribution in [3.8, 4) is 5.82 Å². The largest absolute Gasteiger partial charge is 0.459 e. The molecule has 7 heteroatoms. The van der Waals surface area contributed by atoms with Gasteiger partial charge < -0.3 is 19.0 Å². The van der Waals surface area contributed by atoms with Gasteiger partial charge in [0.15, 0.2) is 5.76 Å². The number of fused-ring (bicyclic) bond motifs is 2. The van der Waals surface area contributed by atoms with Gasteiger partial charge in [-0.15, -0.1) is 0 Å². The summed E-state index contributed by atoms with van der Waals surface area (Å²) in [5.74, 6) is 1.03. The first kappa shape index (κ1) is 22.8. The van der Waals surface area contributed by atoms with Crippen LogP contribution in [0.3, 0.4) is 0 Å². The van der Waals surface area contributed by atoms with Gasteiger partial charge in [-0.2, -0.15) is 0 Å². The van der Waals surface area contributed by atoms with Crippen LogP contribution in [0.4, 0.5) is 0 Å². The van der Waals surface area contributed by atoms with E-state index in [1.54, 1.807) is 19.2 Å². The SMILES string of the molecule is CO[C@H]1[C@H](NC(=O)c2ccco2)c2ccccc2C12CCN(Cc1cccn1-c1ccccn1)CC2. The molecule has 1 saturated heterocycles. The summed E-state index contributed by atoms with van der Waals surface area (Å²) in [7, 11) is 1.76. The minimum atomic E-state index is -0.225. The van der Waals surface area contributed by atoms with Gasteiger partial charge >= 0.3 is 0 Å². The normalized spacial score (nSPS) is 20.9. The van der Waals surface area contributed by atoms with Crippen LogP contribution >= 0.6 is 0 Å².